The van der Waals surface area contributed by atoms with Gasteiger partial charge in [-0.1, -0.05) is 0 Å². The highest BCUT2D eigenvalue weighted by atomic mass is 32.1. The average Bonchev–Trinajstić information content (AvgIpc) is 2.58. The molecule has 2 aromatic heterocycles. The van der Waals surface area contributed by atoms with Crippen molar-refractivity contribution in [2.45, 2.75) is 13.8 Å². The van der Waals surface area contributed by atoms with Gasteiger partial charge in [-0.05, 0) is 26.1 Å². The number of aromatic nitrogens is 2. The van der Waals surface area contributed by atoms with Crippen LogP contribution in [0.1, 0.15) is 10.7 Å². The summed E-state index contributed by atoms with van der Waals surface area (Å²) in [6.45, 7) is 3.96. The molecule has 13 heavy (non-hydrogen) atoms. The lowest BCUT2D eigenvalue weighted by atomic mass is 10.3. The summed E-state index contributed by atoms with van der Waals surface area (Å²) in [5, 5.41) is 1.05. The zero-order chi connectivity index (χ0) is 9.42. The number of oxazole rings is 1. The fourth-order valence-electron chi connectivity index (χ4n) is 1.17. The maximum absolute atomic E-state index is 5.02. The Morgan fingerprint density at radius 2 is 2.31 bits per heavy atom. The molecule has 0 saturated heterocycles. The van der Waals surface area contributed by atoms with Gasteiger partial charge in [0, 0.05) is 0 Å². The number of aromatic amines is 1. The first-order valence-corrected chi connectivity index (χ1v) is 5.01. The number of hydrogen-bond donors (Lipinski definition) is 1. The van der Waals surface area contributed by atoms with Gasteiger partial charge in [-0.25, -0.2) is 4.98 Å². The number of nitrogens with one attached hydrogen (secondary N) is 1. The molecule has 0 aliphatic carbocycles. The fraction of sp³-hybridized carbons (Fsp3) is 0.250. The molecule has 1 N–H and O–H groups in total. The van der Waals surface area contributed by atoms with Crippen LogP contribution in [-0.2, 0) is 0 Å². The number of aryl methyl sites for hydroxylation is 2. The third kappa shape index (κ3) is 1.57. The Morgan fingerprint density at radius 1 is 1.54 bits per heavy atom. The monoisotopic (exact) mass is 212 g/mol. The van der Waals surface area contributed by atoms with Crippen molar-refractivity contribution in [2.75, 3.05) is 0 Å². The summed E-state index contributed by atoms with van der Waals surface area (Å²) in [6, 6.07) is 0. The van der Waals surface area contributed by atoms with E-state index in [2.05, 4.69) is 9.97 Å². The summed E-state index contributed by atoms with van der Waals surface area (Å²) in [4.78, 5) is 8.78. The zero-order valence-corrected chi connectivity index (χ0v) is 8.88. The second kappa shape index (κ2) is 3.08. The number of rotatable bonds is 1. The highest BCUT2D eigenvalue weighted by Gasteiger charge is 2.08. The lowest BCUT2D eigenvalue weighted by Gasteiger charge is -1.89. The molecule has 0 atom stereocenters. The van der Waals surface area contributed by atoms with Gasteiger partial charge in [0.2, 0.25) is 0 Å². The molecule has 0 radical (unpaired) electrons. The SMILES string of the molecule is Cc1nc(C)c(-c2coc(=S)[nH]2)s1. The topological polar surface area (TPSA) is 41.8 Å². The molecule has 0 amide bonds. The Bertz CT molecular complexity index is 480. The Morgan fingerprint density at radius 3 is 2.77 bits per heavy atom. The number of thiazole rings is 1. The molecular formula is C8H8N2OS2. The van der Waals surface area contributed by atoms with Crippen molar-refractivity contribution in [3.63, 3.8) is 0 Å². The molecule has 68 valence electrons. The van der Waals surface area contributed by atoms with Gasteiger partial charge in [0.15, 0.2) is 0 Å². The van der Waals surface area contributed by atoms with Gasteiger partial charge in [0.25, 0.3) is 4.84 Å². The van der Waals surface area contributed by atoms with E-state index in [0.29, 0.717) is 4.84 Å². The van der Waals surface area contributed by atoms with Crippen LogP contribution in [0, 0.1) is 18.7 Å². The van der Waals surface area contributed by atoms with Crippen molar-refractivity contribution in [3.8, 4) is 10.6 Å². The predicted molar refractivity (Wildman–Crippen MR) is 54.5 cm³/mol. The summed E-state index contributed by atoms with van der Waals surface area (Å²) in [6.07, 6.45) is 1.63. The molecular weight excluding hydrogens is 204 g/mol. The first-order valence-electron chi connectivity index (χ1n) is 3.79. The molecule has 0 bridgehead atoms. The van der Waals surface area contributed by atoms with Crippen LogP contribution in [0.3, 0.4) is 0 Å². The fourth-order valence-corrected chi connectivity index (χ4v) is 2.21. The van der Waals surface area contributed by atoms with Crippen LogP contribution >= 0.6 is 23.6 Å². The van der Waals surface area contributed by atoms with E-state index in [0.717, 1.165) is 21.3 Å². The molecule has 0 aromatic carbocycles. The van der Waals surface area contributed by atoms with E-state index >= 15 is 0 Å². The van der Waals surface area contributed by atoms with Crippen molar-refractivity contribution in [3.05, 3.63) is 21.8 Å². The maximum atomic E-state index is 5.02. The van der Waals surface area contributed by atoms with Crippen LogP contribution in [0.4, 0.5) is 0 Å². The molecule has 2 heterocycles. The van der Waals surface area contributed by atoms with E-state index in [4.69, 9.17) is 16.6 Å². The second-order valence-corrected chi connectivity index (χ2v) is 4.28. The standard InChI is InChI=1S/C8H8N2OS2/c1-4-7(13-5(2)9-4)6-3-11-8(12)10-6/h3H,1-2H3,(H,10,12). The quantitative estimate of drug-likeness (QED) is 0.739. The Hall–Kier alpha value is -0.940. The van der Waals surface area contributed by atoms with Gasteiger partial charge in [0.05, 0.1) is 21.3 Å². The van der Waals surface area contributed by atoms with Gasteiger partial charge >= 0.3 is 0 Å². The van der Waals surface area contributed by atoms with Crippen LogP contribution in [0.25, 0.3) is 10.6 Å². The molecule has 0 unspecified atom stereocenters. The first-order chi connectivity index (χ1) is 6.16. The summed E-state index contributed by atoms with van der Waals surface area (Å²) in [5.74, 6) is 0. The molecule has 5 heteroatoms. The minimum absolute atomic E-state index is 0.403. The van der Waals surface area contributed by atoms with Gasteiger partial charge in [-0.15, -0.1) is 11.3 Å². The first kappa shape index (κ1) is 8.65. The number of H-pyrrole nitrogens is 1. The van der Waals surface area contributed by atoms with E-state index in [1.807, 2.05) is 13.8 Å². The molecule has 0 spiro atoms. The minimum atomic E-state index is 0.403. The highest BCUT2D eigenvalue weighted by Crippen LogP contribution is 2.28. The maximum Gasteiger partial charge on any atom is 0.266 e. The van der Waals surface area contributed by atoms with E-state index < -0.39 is 0 Å². The van der Waals surface area contributed by atoms with Crippen molar-refractivity contribution in [1.82, 2.24) is 9.97 Å². The smallest absolute Gasteiger partial charge is 0.266 e. The van der Waals surface area contributed by atoms with Crippen LogP contribution in [0.15, 0.2) is 10.7 Å². The Kier molecular flexibility index (Phi) is 2.05. The molecule has 3 nitrogen and oxygen atoms in total. The molecule has 0 saturated carbocycles. The average molecular weight is 212 g/mol. The third-order valence-electron chi connectivity index (χ3n) is 1.67. The molecule has 2 aromatic rings. The van der Waals surface area contributed by atoms with Gasteiger partial charge in [0.1, 0.15) is 6.26 Å². The highest BCUT2D eigenvalue weighted by molar-refractivity contribution is 7.71. The van der Waals surface area contributed by atoms with Crippen molar-refractivity contribution in [2.24, 2.45) is 0 Å². The Balaban J connectivity index is 2.57. The lowest BCUT2D eigenvalue weighted by Crippen LogP contribution is -1.76. The summed E-state index contributed by atoms with van der Waals surface area (Å²) < 4.78 is 5.02. The van der Waals surface area contributed by atoms with E-state index in [1.54, 1.807) is 17.6 Å². The Labute approximate surface area is 84.5 Å². The zero-order valence-electron chi connectivity index (χ0n) is 7.25. The third-order valence-corrected chi connectivity index (χ3v) is 2.97. The largest absolute Gasteiger partial charge is 0.437 e. The van der Waals surface area contributed by atoms with Crippen molar-refractivity contribution in [1.29, 1.82) is 0 Å². The van der Waals surface area contributed by atoms with Crippen LogP contribution < -0.4 is 0 Å². The van der Waals surface area contributed by atoms with E-state index in [-0.39, 0.29) is 0 Å². The van der Waals surface area contributed by atoms with Gasteiger partial charge < -0.3 is 9.40 Å². The van der Waals surface area contributed by atoms with Crippen LogP contribution in [0.5, 0.6) is 0 Å². The van der Waals surface area contributed by atoms with Crippen molar-refractivity contribution < 1.29 is 4.42 Å². The van der Waals surface area contributed by atoms with Crippen LogP contribution in [0.2, 0.25) is 0 Å². The van der Waals surface area contributed by atoms with Gasteiger partial charge in [-0.2, -0.15) is 0 Å². The minimum Gasteiger partial charge on any atom is -0.437 e. The predicted octanol–water partition coefficient (Wildman–Crippen LogP) is 3.08. The molecule has 0 fully saturated rings. The van der Waals surface area contributed by atoms with Crippen molar-refractivity contribution >= 4 is 23.6 Å². The van der Waals surface area contributed by atoms with Gasteiger partial charge in [-0.3, -0.25) is 0 Å². The van der Waals surface area contributed by atoms with E-state index in [1.165, 1.54) is 0 Å². The molecule has 2 rings (SSSR count). The van der Waals surface area contributed by atoms with E-state index in [9.17, 15) is 0 Å². The normalized spacial score (nSPS) is 10.6. The molecule has 0 aliphatic rings. The lowest BCUT2D eigenvalue weighted by molar-refractivity contribution is 0.541. The summed E-state index contributed by atoms with van der Waals surface area (Å²) in [7, 11) is 0. The number of nitrogens with zero attached hydrogens (tertiary/aromatic N) is 1. The number of hydrogen-bond acceptors (Lipinski definition) is 4. The summed E-state index contributed by atoms with van der Waals surface area (Å²) >= 11 is 6.48. The second-order valence-electron chi connectivity index (χ2n) is 2.71. The molecule has 0 aliphatic heterocycles. The van der Waals surface area contributed by atoms with Crippen LogP contribution in [-0.4, -0.2) is 9.97 Å². The summed E-state index contributed by atoms with van der Waals surface area (Å²) in [5.41, 5.74) is 1.92.